The van der Waals surface area contributed by atoms with Crippen molar-refractivity contribution in [2.24, 2.45) is 0 Å². The highest BCUT2D eigenvalue weighted by molar-refractivity contribution is 6.08. The molecule has 3 heterocycles. The molecule has 274 valence electrons. The number of nitrogens with zero attached hydrogens (tertiary/aromatic N) is 5. The van der Waals surface area contributed by atoms with E-state index in [1.54, 1.807) is 0 Å². The third-order valence-corrected chi connectivity index (χ3v) is 11.7. The molecule has 0 fully saturated rings. The Morgan fingerprint density at radius 1 is 0.397 bits per heavy atom. The summed E-state index contributed by atoms with van der Waals surface area (Å²) < 4.78 is 2.29. The Bertz CT molecular complexity index is 3040. The Labute approximate surface area is 337 Å². The first-order valence-corrected chi connectivity index (χ1v) is 19.7. The molecule has 0 N–H and O–H groups in total. The maximum Gasteiger partial charge on any atom is 0.164 e. The molecule has 0 unspecified atom stereocenters. The van der Waals surface area contributed by atoms with Gasteiger partial charge in [-0.3, -0.25) is 4.57 Å². The molecule has 5 nitrogen and oxygen atoms in total. The minimum atomic E-state index is -0.245. The summed E-state index contributed by atoms with van der Waals surface area (Å²) in [5.74, 6) is 1.91. The van der Waals surface area contributed by atoms with Crippen molar-refractivity contribution in [1.82, 2.24) is 24.5 Å². The van der Waals surface area contributed by atoms with Crippen LogP contribution in [-0.4, -0.2) is 24.5 Å². The van der Waals surface area contributed by atoms with Gasteiger partial charge in [-0.25, -0.2) is 19.9 Å². The summed E-state index contributed by atoms with van der Waals surface area (Å²) in [5.41, 5.74) is 15.3. The number of fused-ring (bicyclic) bond motifs is 6. The first kappa shape index (κ1) is 33.8. The summed E-state index contributed by atoms with van der Waals surface area (Å²) in [6, 6.07) is 64.1. The van der Waals surface area contributed by atoms with Crippen LogP contribution in [0.4, 0.5) is 0 Å². The average molecular weight is 744 g/mol. The summed E-state index contributed by atoms with van der Waals surface area (Å²) >= 11 is 0. The van der Waals surface area contributed by atoms with Gasteiger partial charge in [0.15, 0.2) is 17.5 Å². The van der Waals surface area contributed by atoms with Gasteiger partial charge in [-0.05, 0) is 93.0 Å². The number of hydrogen-bond acceptors (Lipinski definition) is 4. The van der Waals surface area contributed by atoms with Gasteiger partial charge in [0.2, 0.25) is 0 Å². The average Bonchev–Trinajstić information content (AvgIpc) is 3.74. The fourth-order valence-electron chi connectivity index (χ4n) is 8.78. The van der Waals surface area contributed by atoms with Crippen LogP contribution in [0, 0.1) is 0 Å². The van der Waals surface area contributed by atoms with Crippen molar-refractivity contribution in [3.05, 3.63) is 199 Å². The summed E-state index contributed by atoms with van der Waals surface area (Å²) in [6.07, 6.45) is 1.88. The van der Waals surface area contributed by atoms with Crippen LogP contribution in [0.3, 0.4) is 0 Å². The molecule has 0 saturated heterocycles. The largest absolute Gasteiger partial charge is 0.294 e. The highest BCUT2D eigenvalue weighted by Crippen LogP contribution is 2.50. The third-order valence-electron chi connectivity index (χ3n) is 11.7. The second kappa shape index (κ2) is 13.3. The number of benzene rings is 7. The van der Waals surface area contributed by atoms with E-state index in [-0.39, 0.29) is 5.41 Å². The standard InChI is InChI=1S/C53H37N5/c1-53(2)46-28-26-41(58-48-24-10-9-22-43(48)44-23-13-29-54-52(44)58)33-45(46)42-27-25-40(32-47(42)53)51-56-49(38-20-11-18-36(30-38)34-14-5-3-6-15-34)55-50(57-51)39-21-12-19-37(31-39)35-16-7-4-8-17-35/h3-33H,1-2H3. The lowest BCUT2D eigenvalue weighted by Gasteiger charge is -2.22. The minimum absolute atomic E-state index is 0.245. The molecule has 7 aromatic carbocycles. The Morgan fingerprint density at radius 2 is 0.948 bits per heavy atom. The number of pyridine rings is 1. The zero-order valence-corrected chi connectivity index (χ0v) is 32.1. The first-order valence-electron chi connectivity index (χ1n) is 19.7. The van der Waals surface area contributed by atoms with E-state index in [1.165, 1.54) is 27.6 Å². The second-order valence-electron chi connectivity index (χ2n) is 15.5. The van der Waals surface area contributed by atoms with E-state index in [4.69, 9.17) is 19.9 Å². The Hall–Kier alpha value is -7.50. The smallest absolute Gasteiger partial charge is 0.164 e. The lowest BCUT2D eigenvalue weighted by molar-refractivity contribution is 0.660. The normalized spacial score (nSPS) is 12.8. The molecule has 0 radical (unpaired) electrons. The van der Waals surface area contributed by atoms with Crippen molar-refractivity contribution < 1.29 is 0 Å². The summed E-state index contributed by atoms with van der Waals surface area (Å²) in [6.45, 7) is 4.63. The first-order chi connectivity index (χ1) is 28.5. The second-order valence-corrected chi connectivity index (χ2v) is 15.5. The Morgan fingerprint density at radius 3 is 1.60 bits per heavy atom. The molecule has 11 rings (SSSR count). The molecule has 0 saturated carbocycles. The van der Waals surface area contributed by atoms with Gasteiger partial charge in [0.1, 0.15) is 5.65 Å². The van der Waals surface area contributed by atoms with Gasteiger partial charge in [-0.1, -0.05) is 147 Å². The number of rotatable bonds is 6. The Kier molecular flexibility index (Phi) is 7.76. The molecular weight excluding hydrogens is 707 g/mol. The molecule has 1 aliphatic carbocycles. The van der Waals surface area contributed by atoms with Crippen LogP contribution in [0.25, 0.3) is 95.2 Å². The molecule has 0 bridgehead atoms. The number of aromatic nitrogens is 5. The topological polar surface area (TPSA) is 56.5 Å². The van der Waals surface area contributed by atoms with Gasteiger partial charge in [0.25, 0.3) is 0 Å². The molecule has 0 atom stereocenters. The van der Waals surface area contributed by atoms with Gasteiger partial charge < -0.3 is 0 Å². The van der Waals surface area contributed by atoms with Crippen molar-refractivity contribution in [2.45, 2.75) is 19.3 Å². The monoisotopic (exact) mass is 743 g/mol. The summed E-state index contributed by atoms with van der Waals surface area (Å²) in [4.78, 5) is 20.4. The van der Waals surface area contributed by atoms with Gasteiger partial charge in [0, 0.05) is 44.8 Å². The van der Waals surface area contributed by atoms with Crippen molar-refractivity contribution in [3.63, 3.8) is 0 Å². The van der Waals surface area contributed by atoms with E-state index < -0.39 is 0 Å². The van der Waals surface area contributed by atoms with Gasteiger partial charge in [-0.15, -0.1) is 0 Å². The quantitative estimate of drug-likeness (QED) is 0.170. The fraction of sp³-hybridized carbons (Fsp3) is 0.0566. The van der Waals surface area contributed by atoms with Gasteiger partial charge in [0.05, 0.1) is 5.52 Å². The molecule has 0 aliphatic heterocycles. The SMILES string of the molecule is CC1(C)c2ccc(-n3c4ccccc4c4cccnc43)cc2-c2ccc(-c3nc(-c4cccc(-c5ccccc5)c4)nc(-c4cccc(-c5ccccc5)c4)n3)cc21. The van der Waals surface area contributed by atoms with Crippen LogP contribution < -0.4 is 0 Å². The molecule has 1 aliphatic rings. The van der Waals surface area contributed by atoms with Crippen LogP contribution in [0.5, 0.6) is 0 Å². The highest BCUT2D eigenvalue weighted by atomic mass is 15.0. The van der Waals surface area contributed by atoms with Gasteiger partial charge >= 0.3 is 0 Å². The molecule has 5 heteroatoms. The zero-order chi connectivity index (χ0) is 38.8. The summed E-state index contributed by atoms with van der Waals surface area (Å²) in [7, 11) is 0. The Balaban J connectivity index is 1.05. The van der Waals surface area contributed by atoms with Crippen LogP contribution in [0.15, 0.2) is 188 Å². The van der Waals surface area contributed by atoms with Crippen LogP contribution in [-0.2, 0) is 5.41 Å². The maximum absolute atomic E-state index is 5.21. The molecule has 0 amide bonds. The molecule has 10 aromatic rings. The van der Waals surface area contributed by atoms with Crippen LogP contribution in [0.2, 0.25) is 0 Å². The fourth-order valence-corrected chi connectivity index (χ4v) is 8.78. The number of hydrogen-bond donors (Lipinski definition) is 0. The van der Waals surface area contributed by atoms with E-state index in [9.17, 15) is 0 Å². The molecule has 58 heavy (non-hydrogen) atoms. The summed E-state index contributed by atoms with van der Waals surface area (Å²) in [5, 5.41) is 2.35. The van der Waals surface area contributed by atoms with Gasteiger partial charge in [-0.2, -0.15) is 0 Å². The third kappa shape index (κ3) is 5.54. The maximum atomic E-state index is 5.21. The zero-order valence-electron chi connectivity index (χ0n) is 32.1. The highest BCUT2D eigenvalue weighted by Gasteiger charge is 2.36. The van der Waals surface area contributed by atoms with E-state index in [2.05, 4.69) is 182 Å². The van der Waals surface area contributed by atoms with Crippen LogP contribution >= 0.6 is 0 Å². The van der Waals surface area contributed by atoms with Crippen LogP contribution in [0.1, 0.15) is 25.0 Å². The van der Waals surface area contributed by atoms with E-state index in [0.717, 1.165) is 61.2 Å². The van der Waals surface area contributed by atoms with Crippen molar-refractivity contribution in [1.29, 1.82) is 0 Å². The molecular formula is C53H37N5. The lowest BCUT2D eigenvalue weighted by Crippen LogP contribution is -2.15. The van der Waals surface area contributed by atoms with E-state index >= 15 is 0 Å². The molecule has 3 aromatic heterocycles. The van der Waals surface area contributed by atoms with E-state index in [0.29, 0.717) is 17.5 Å². The lowest BCUT2D eigenvalue weighted by atomic mass is 9.82. The number of para-hydroxylation sites is 1. The van der Waals surface area contributed by atoms with Crippen molar-refractivity contribution in [3.8, 4) is 73.2 Å². The predicted molar refractivity (Wildman–Crippen MR) is 237 cm³/mol. The van der Waals surface area contributed by atoms with Crippen molar-refractivity contribution in [2.75, 3.05) is 0 Å². The van der Waals surface area contributed by atoms with Crippen molar-refractivity contribution >= 4 is 21.9 Å². The minimum Gasteiger partial charge on any atom is -0.294 e. The predicted octanol–water partition coefficient (Wildman–Crippen LogP) is 13.0. The van der Waals surface area contributed by atoms with E-state index in [1.807, 2.05) is 24.4 Å². The molecule has 0 spiro atoms.